The molecule has 1 aliphatic rings. The standard InChI is InChI=1S/C14H21NO/c1-10(2)9-13(15)12-7-3-5-11-6-4-8-16-14(11)12/h3,5,7,10,13H,4,6,8-9,15H2,1-2H3. The zero-order valence-corrected chi connectivity index (χ0v) is 10.2. The third kappa shape index (κ3) is 2.38. The van der Waals surface area contributed by atoms with Crippen LogP contribution in [0.5, 0.6) is 5.75 Å². The molecular weight excluding hydrogens is 198 g/mol. The van der Waals surface area contributed by atoms with Crippen LogP contribution in [0.3, 0.4) is 0 Å². The SMILES string of the molecule is CC(C)CC(N)c1cccc2c1OCCC2. The van der Waals surface area contributed by atoms with Crippen molar-refractivity contribution >= 4 is 0 Å². The van der Waals surface area contributed by atoms with E-state index in [1.807, 2.05) is 0 Å². The average molecular weight is 219 g/mol. The maximum absolute atomic E-state index is 6.24. The van der Waals surface area contributed by atoms with Crippen LogP contribution in [0.2, 0.25) is 0 Å². The molecule has 1 heterocycles. The van der Waals surface area contributed by atoms with Crippen LogP contribution in [0, 0.1) is 5.92 Å². The van der Waals surface area contributed by atoms with E-state index in [1.54, 1.807) is 0 Å². The Morgan fingerprint density at radius 3 is 2.94 bits per heavy atom. The van der Waals surface area contributed by atoms with Crippen molar-refractivity contribution in [1.29, 1.82) is 0 Å². The van der Waals surface area contributed by atoms with Gasteiger partial charge in [-0.1, -0.05) is 32.0 Å². The molecule has 1 unspecified atom stereocenters. The predicted octanol–water partition coefficient (Wildman–Crippen LogP) is 3.06. The predicted molar refractivity (Wildman–Crippen MR) is 66.6 cm³/mol. The fraction of sp³-hybridized carbons (Fsp3) is 0.571. The van der Waals surface area contributed by atoms with Crippen molar-refractivity contribution in [2.45, 2.75) is 39.2 Å². The highest BCUT2D eigenvalue weighted by atomic mass is 16.5. The molecule has 1 aliphatic heterocycles. The summed E-state index contributed by atoms with van der Waals surface area (Å²) in [6.07, 6.45) is 3.26. The Balaban J connectivity index is 2.26. The molecule has 2 N–H and O–H groups in total. The summed E-state index contributed by atoms with van der Waals surface area (Å²) in [6.45, 7) is 5.24. The van der Waals surface area contributed by atoms with E-state index >= 15 is 0 Å². The van der Waals surface area contributed by atoms with Crippen molar-refractivity contribution in [2.24, 2.45) is 11.7 Å². The highest BCUT2D eigenvalue weighted by molar-refractivity contribution is 5.44. The van der Waals surface area contributed by atoms with E-state index in [2.05, 4.69) is 32.0 Å². The van der Waals surface area contributed by atoms with Crippen molar-refractivity contribution in [3.05, 3.63) is 29.3 Å². The Labute approximate surface area is 97.8 Å². The van der Waals surface area contributed by atoms with Crippen LogP contribution in [0.4, 0.5) is 0 Å². The molecule has 0 saturated carbocycles. The first-order valence-electron chi connectivity index (χ1n) is 6.18. The molecule has 1 atom stereocenters. The van der Waals surface area contributed by atoms with Crippen molar-refractivity contribution in [2.75, 3.05) is 6.61 Å². The van der Waals surface area contributed by atoms with Crippen LogP contribution in [0.15, 0.2) is 18.2 Å². The quantitative estimate of drug-likeness (QED) is 0.848. The van der Waals surface area contributed by atoms with Crippen LogP contribution in [-0.2, 0) is 6.42 Å². The Morgan fingerprint density at radius 1 is 1.38 bits per heavy atom. The number of rotatable bonds is 3. The molecule has 16 heavy (non-hydrogen) atoms. The highest BCUT2D eigenvalue weighted by Crippen LogP contribution is 2.33. The van der Waals surface area contributed by atoms with Crippen LogP contribution >= 0.6 is 0 Å². The fourth-order valence-corrected chi connectivity index (χ4v) is 2.34. The van der Waals surface area contributed by atoms with E-state index < -0.39 is 0 Å². The van der Waals surface area contributed by atoms with Gasteiger partial charge in [-0.05, 0) is 30.7 Å². The zero-order chi connectivity index (χ0) is 11.5. The molecule has 0 aliphatic carbocycles. The Morgan fingerprint density at radius 2 is 2.19 bits per heavy atom. The van der Waals surface area contributed by atoms with E-state index in [9.17, 15) is 0 Å². The number of nitrogens with two attached hydrogens (primary N) is 1. The zero-order valence-electron chi connectivity index (χ0n) is 10.2. The largest absolute Gasteiger partial charge is 0.493 e. The maximum Gasteiger partial charge on any atom is 0.127 e. The third-order valence-corrected chi connectivity index (χ3v) is 3.09. The van der Waals surface area contributed by atoms with Crippen molar-refractivity contribution < 1.29 is 4.74 Å². The van der Waals surface area contributed by atoms with Gasteiger partial charge in [0.25, 0.3) is 0 Å². The summed E-state index contributed by atoms with van der Waals surface area (Å²) >= 11 is 0. The van der Waals surface area contributed by atoms with Crippen molar-refractivity contribution in [3.63, 3.8) is 0 Å². The summed E-state index contributed by atoms with van der Waals surface area (Å²) in [7, 11) is 0. The van der Waals surface area contributed by atoms with Gasteiger partial charge in [0.15, 0.2) is 0 Å². The summed E-state index contributed by atoms with van der Waals surface area (Å²) < 4.78 is 5.78. The molecule has 1 aromatic carbocycles. The topological polar surface area (TPSA) is 35.2 Å². The van der Waals surface area contributed by atoms with Crippen molar-refractivity contribution in [3.8, 4) is 5.75 Å². The van der Waals surface area contributed by atoms with E-state index in [-0.39, 0.29) is 6.04 Å². The number of aryl methyl sites for hydroxylation is 1. The van der Waals surface area contributed by atoms with Gasteiger partial charge in [0.05, 0.1) is 6.61 Å². The van der Waals surface area contributed by atoms with Crippen LogP contribution < -0.4 is 10.5 Å². The second-order valence-electron chi connectivity index (χ2n) is 5.02. The number of fused-ring (bicyclic) bond motifs is 1. The Kier molecular flexibility index (Phi) is 3.49. The van der Waals surface area contributed by atoms with Gasteiger partial charge >= 0.3 is 0 Å². The summed E-state index contributed by atoms with van der Waals surface area (Å²) in [5, 5.41) is 0. The minimum Gasteiger partial charge on any atom is -0.493 e. The monoisotopic (exact) mass is 219 g/mol. The molecule has 0 saturated heterocycles. The molecular formula is C14H21NO. The Hall–Kier alpha value is -1.02. The normalized spacial score (nSPS) is 16.8. The van der Waals surface area contributed by atoms with E-state index in [0.717, 1.165) is 31.6 Å². The van der Waals surface area contributed by atoms with Crippen LogP contribution in [0.25, 0.3) is 0 Å². The fourth-order valence-electron chi connectivity index (χ4n) is 2.34. The van der Waals surface area contributed by atoms with Gasteiger partial charge in [-0.3, -0.25) is 0 Å². The molecule has 0 spiro atoms. The van der Waals surface area contributed by atoms with Gasteiger partial charge in [0.2, 0.25) is 0 Å². The minimum atomic E-state index is 0.105. The molecule has 88 valence electrons. The lowest BCUT2D eigenvalue weighted by Crippen LogP contribution is -2.17. The lowest BCUT2D eigenvalue weighted by Gasteiger charge is -2.24. The van der Waals surface area contributed by atoms with Gasteiger partial charge in [0.1, 0.15) is 5.75 Å². The van der Waals surface area contributed by atoms with E-state index in [0.29, 0.717) is 5.92 Å². The first-order chi connectivity index (χ1) is 7.68. The maximum atomic E-state index is 6.24. The number of benzene rings is 1. The van der Waals surface area contributed by atoms with E-state index in [4.69, 9.17) is 10.5 Å². The Bertz CT molecular complexity index is 360. The van der Waals surface area contributed by atoms with Crippen molar-refractivity contribution in [1.82, 2.24) is 0 Å². The second kappa shape index (κ2) is 4.88. The average Bonchev–Trinajstić information content (AvgIpc) is 2.27. The summed E-state index contributed by atoms with van der Waals surface area (Å²) in [5.74, 6) is 1.68. The molecule has 2 rings (SSSR count). The smallest absolute Gasteiger partial charge is 0.127 e. The van der Waals surface area contributed by atoms with Gasteiger partial charge < -0.3 is 10.5 Å². The number of hydrogen-bond acceptors (Lipinski definition) is 2. The lowest BCUT2D eigenvalue weighted by atomic mass is 9.93. The molecule has 2 nitrogen and oxygen atoms in total. The summed E-state index contributed by atoms with van der Waals surface area (Å²) in [5.41, 5.74) is 8.75. The van der Waals surface area contributed by atoms with Gasteiger partial charge in [-0.15, -0.1) is 0 Å². The van der Waals surface area contributed by atoms with Gasteiger partial charge in [-0.25, -0.2) is 0 Å². The molecule has 0 aromatic heterocycles. The number of ether oxygens (including phenoxy) is 1. The first-order valence-corrected chi connectivity index (χ1v) is 6.18. The minimum absolute atomic E-state index is 0.105. The molecule has 1 aromatic rings. The summed E-state index contributed by atoms with van der Waals surface area (Å²) in [4.78, 5) is 0. The van der Waals surface area contributed by atoms with Gasteiger partial charge in [0, 0.05) is 11.6 Å². The number of hydrogen-bond donors (Lipinski definition) is 1. The van der Waals surface area contributed by atoms with E-state index in [1.165, 1.54) is 11.1 Å². The highest BCUT2D eigenvalue weighted by Gasteiger charge is 2.18. The van der Waals surface area contributed by atoms with Crippen LogP contribution in [-0.4, -0.2) is 6.61 Å². The third-order valence-electron chi connectivity index (χ3n) is 3.09. The molecule has 0 bridgehead atoms. The molecule has 0 amide bonds. The van der Waals surface area contributed by atoms with Gasteiger partial charge in [-0.2, -0.15) is 0 Å². The number of para-hydroxylation sites is 1. The van der Waals surface area contributed by atoms with Crippen LogP contribution in [0.1, 0.15) is 43.9 Å². The second-order valence-corrected chi connectivity index (χ2v) is 5.02. The lowest BCUT2D eigenvalue weighted by molar-refractivity contribution is 0.282. The molecule has 0 fully saturated rings. The first kappa shape index (κ1) is 11.5. The summed E-state index contributed by atoms with van der Waals surface area (Å²) in [6, 6.07) is 6.47. The molecule has 0 radical (unpaired) electrons. The molecule has 2 heteroatoms.